The highest BCUT2D eigenvalue weighted by Crippen LogP contribution is 2.32. The maximum atomic E-state index is 12.5. The molecule has 0 aromatic rings. The van der Waals surface area contributed by atoms with Crippen LogP contribution in [0.2, 0.25) is 0 Å². The van der Waals surface area contributed by atoms with Gasteiger partial charge in [0.1, 0.15) is 12.7 Å². The summed E-state index contributed by atoms with van der Waals surface area (Å²) < 4.78 is 33.4. The van der Waals surface area contributed by atoms with Gasteiger partial charge in [-0.1, -0.05) is 34.6 Å². The second-order valence-corrected chi connectivity index (χ2v) is 8.83. The highest BCUT2D eigenvalue weighted by Gasteiger charge is 2.55. The van der Waals surface area contributed by atoms with Crippen LogP contribution in [0.1, 0.15) is 98.8 Å². The van der Waals surface area contributed by atoms with E-state index in [1.165, 1.54) is 0 Å². The van der Waals surface area contributed by atoms with E-state index in [2.05, 4.69) is 0 Å². The summed E-state index contributed by atoms with van der Waals surface area (Å²) in [5.74, 6) is -2.88. The summed E-state index contributed by atoms with van der Waals surface area (Å²) in [6.07, 6.45) is -3.36. The molecule has 0 bridgehead atoms. The summed E-state index contributed by atoms with van der Waals surface area (Å²) in [6.45, 7) is 8.60. The smallest absolute Gasteiger partial charge is 0.308 e. The van der Waals surface area contributed by atoms with Crippen LogP contribution in [0.25, 0.3) is 0 Å². The number of esters is 5. The van der Waals surface area contributed by atoms with Crippen molar-refractivity contribution >= 4 is 29.8 Å². The van der Waals surface area contributed by atoms with Crippen molar-refractivity contribution in [1.29, 1.82) is 0 Å². The van der Waals surface area contributed by atoms with Gasteiger partial charge in [-0.25, -0.2) is 0 Å². The first kappa shape index (κ1) is 32.3. The van der Waals surface area contributed by atoms with Crippen molar-refractivity contribution in [2.24, 2.45) is 0 Å². The van der Waals surface area contributed by atoms with Gasteiger partial charge >= 0.3 is 29.8 Å². The largest absolute Gasteiger partial charge is 0.462 e. The molecule has 0 radical (unpaired) electrons. The summed E-state index contributed by atoms with van der Waals surface area (Å²) in [7, 11) is 0. The molecule has 212 valence electrons. The lowest BCUT2D eigenvalue weighted by molar-refractivity contribution is -0.206. The molecule has 1 fully saturated rings. The average Bonchev–Trinajstić information content (AvgIpc) is 3.13. The standard InChI is InChI=1S/C26H42O11/c1-6-11-18(27)32-16-17(33-19(28)12-7-2)23-24(34-20(29)13-8-3)25(35-21(30)14-9-4)26(37-23)36-22(31)15-10-5/h17,23-26H,6-16H2,1-5H3/t17-,23-,24+,25-,26+/m1/s1. The summed E-state index contributed by atoms with van der Waals surface area (Å²) in [5.41, 5.74) is 0. The maximum Gasteiger partial charge on any atom is 0.308 e. The molecule has 0 N–H and O–H groups in total. The molecule has 0 unspecified atom stereocenters. The van der Waals surface area contributed by atoms with Gasteiger partial charge in [0.15, 0.2) is 12.2 Å². The zero-order valence-corrected chi connectivity index (χ0v) is 22.7. The molecule has 1 aliphatic rings. The number of hydrogen-bond acceptors (Lipinski definition) is 11. The van der Waals surface area contributed by atoms with Gasteiger partial charge in [0.2, 0.25) is 12.4 Å². The van der Waals surface area contributed by atoms with Crippen molar-refractivity contribution in [2.45, 2.75) is 130 Å². The Morgan fingerprint density at radius 3 is 1.54 bits per heavy atom. The van der Waals surface area contributed by atoms with E-state index in [1.54, 1.807) is 27.7 Å². The van der Waals surface area contributed by atoms with Crippen LogP contribution in [0, 0.1) is 0 Å². The molecule has 1 heterocycles. The molecule has 5 atom stereocenters. The van der Waals surface area contributed by atoms with E-state index in [1.807, 2.05) is 6.92 Å². The third-order valence-corrected chi connectivity index (χ3v) is 5.32. The molecule has 37 heavy (non-hydrogen) atoms. The number of ether oxygens (including phenoxy) is 6. The molecule has 1 aliphatic heterocycles. The maximum absolute atomic E-state index is 12.5. The van der Waals surface area contributed by atoms with Crippen molar-refractivity contribution in [3.63, 3.8) is 0 Å². The minimum absolute atomic E-state index is 0.0743. The number of rotatable bonds is 17. The first-order valence-electron chi connectivity index (χ1n) is 13.3. The minimum Gasteiger partial charge on any atom is -0.462 e. The molecule has 0 spiro atoms. The Morgan fingerprint density at radius 1 is 0.595 bits per heavy atom. The number of carbonyl (C=O) groups excluding carboxylic acids is 5. The first-order chi connectivity index (χ1) is 17.7. The molecule has 1 rings (SSSR count). The van der Waals surface area contributed by atoms with Crippen LogP contribution in [0.4, 0.5) is 0 Å². The topological polar surface area (TPSA) is 141 Å². The Balaban J connectivity index is 3.37. The zero-order chi connectivity index (χ0) is 27.8. The van der Waals surface area contributed by atoms with Gasteiger partial charge in [0.25, 0.3) is 0 Å². The average molecular weight is 531 g/mol. The second kappa shape index (κ2) is 17.7. The fourth-order valence-corrected chi connectivity index (χ4v) is 3.60. The predicted octanol–water partition coefficient (Wildman–Crippen LogP) is 3.53. The Morgan fingerprint density at radius 2 is 1.03 bits per heavy atom. The third-order valence-electron chi connectivity index (χ3n) is 5.32. The van der Waals surface area contributed by atoms with E-state index in [9.17, 15) is 24.0 Å². The SMILES string of the molecule is CCCC(=O)OC[C@@H](OC(=O)CCC)[C@H]1O[C@H](OC(=O)CCC)[C@H](OC(=O)CCC)[C@H]1OC(=O)CCC. The van der Waals surface area contributed by atoms with Gasteiger partial charge in [0.05, 0.1) is 0 Å². The van der Waals surface area contributed by atoms with E-state index in [4.69, 9.17) is 28.4 Å². The van der Waals surface area contributed by atoms with Crippen molar-refractivity contribution in [3.8, 4) is 0 Å². The lowest BCUT2D eigenvalue weighted by atomic mass is 10.0. The second-order valence-electron chi connectivity index (χ2n) is 8.83. The molecule has 0 aromatic carbocycles. The molecule has 0 saturated carbocycles. The molecule has 0 aliphatic carbocycles. The Kier molecular flexibility index (Phi) is 15.5. The highest BCUT2D eigenvalue weighted by molar-refractivity contribution is 5.72. The summed E-state index contributed by atoms with van der Waals surface area (Å²) in [4.78, 5) is 61.7. The van der Waals surface area contributed by atoms with E-state index in [0.717, 1.165) is 0 Å². The summed E-state index contributed by atoms with van der Waals surface area (Å²) in [5, 5.41) is 0. The lowest BCUT2D eigenvalue weighted by Crippen LogP contribution is -2.47. The van der Waals surface area contributed by atoms with E-state index in [0.29, 0.717) is 32.1 Å². The first-order valence-corrected chi connectivity index (χ1v) is 13.3. The number of hydrogen-bond donors (Lipinski definition) is 0. The van der Waals surface area contributed by atoms with Gasteiger partial charge in [-0.15, -0.1) is 0 Å². The zero-order valence-electron chi connectivity index (χ0n) is 22.7. The molecule has 11 heteroatoms. The van der Waals surface area contributed by atoms with Gasteiger partial charge < -0.3 is 28.4 Å². The quantitative estimate of drug-likeness (QED) is 0.201. The fraction of sp³-hybridized carbons (Fsp3) is 0.808. The molecule has 11 nitrogen and oxygen atoms in total. The van der Waals surface area contributed by atoms with Gasteiger partial charge in [0, 0.05) is 32.1 Å². The van der Waals surface area contributed by atoms with Gasteiger partial charge in [-0.05, 0) is 32.1 Å². The van der Waals surface area contributed by atoms with Crippen LogP contribution in [0.5, 0.6) is 0 Å². The van der Waals surface area contributed by atoms with Crippen LogP contribution in [0.3, 0.4) is 0 Å². The van der Waals surface area contributed by atoms with E-state index < -0.39 is 60.6 Å². The Bertz CT molecular complexity index is 751. The van der Waals surface area contributed by atoms with Crippen LogP contribution in [0.15, 0.2) is 0 Å². The monoisotopic (exact) mass is 530 g/mol. The third kappa shape index (κ3) is 11.5. The normalized spacial score (nSPS) is 21.5. The fourth-order valence-electron chi connectivity index (χ4n) is 3.60. The summed E-state index contributed by atoms with van der Waals surface area (Å²) >= 11 is 0. The van der Waals surface area contributed by atoms with Crippen molar-refractivity contribution in [2.75, 3.05) is 6.61 Å². The molecule has 0 amide bonds. The molecular formula is C26H42O11. The van der Waals surface area contributed by atoms with Gasteiger partial charge in [-0.3, -0.25) is 24.0 Å². The van der Waals surface area contributed by atoms with E-state index in [-0.39, 0.29) is 38.7 Å². The van der Waals surface area contributed by atoms with Crippen molar-refractivity contribution in [3.05, 3.63) is 0 Å². The van der Waals surface area contributed by atoms with Crippen LogP contribution in [-0.4, -0.2) is 67.2 Å². The van der Waals surface area contributed by atoms with Crippen molar-refractivity contribution < 1.29 is 52.4 Å². The Hall–Kier alpha value is -2.69. The number of carbonyl (C=O) groups is 5. The lowest BCUT2D eigenvalue weighted by Gasteiger charge is -2.28. The van der Waals surface area contributed by atoms with Crippen LogP contribution < -0.4 is 0 Å². The van der Waals surface area contributed by atoms with E-state index >= 15 is 0 Å². The van der Waals surface area contributed by atoms with Gasteiger partial charge in [-0.2, -0.15) is 0 Å². The predicted molar refractivity (Wildman–Crippen MR) is 130 cm³/mol. The highest BCUT2D eigenvalue weighted by atomic mass is 16.8. The molecule has 1 saturated heterocycles. The molecule has 0 aromatic heterocycles. The Labute approximate surface area is 218 Å². The van der Waals surface area contributed by atoms with Crippen LogP contribution >= 0.6 is 0 Å². The molecular weight excluding hydrogens is 488 g/mol. The van der Waals surface area contributed by atoms with Crippen LogP contribution in [-0.2, 0) is 52.4 Å². The van der Waals surface area contributed by atoms with Crippen molar-refractivity contribution in [1.82, 2.24) is 0 Å². The minimum atomic E-state index is -1.41. The summed E-state index contributed by atoms with van der Waals surface area (Å²) in [6, 6.07) is 0.